The van der Waals surface area contributed by atoms with Crippen molar-refractivity contribution in [2.45, 2.75) is 50.9 Å². The average molecular weight is 600 g/mol. The van der Waals surface area contributed by atoms with Gasteiger partial charge in [0.15, 0.2) is 0 Å². The molecule has 2 aliphatic rings. The average Bonchev–Trinajstić information content (AvgIpc) is 3.46. The maximum atomic E-state index is 14.0. The molecule has 0 bridgehead atoms. The smallest absolute Gasteiger partial charge is 0.486 e. The first-order chi connectivity index (χ1) is 19.5. The number of hydrogen-bond donors (Lipinski definition) is 4. The monoisotopic (exact) mass is 599 g/mol. The van der Waals surface area contributed by atoms with Gasteiger partial charge in [0.1, 0.15) is 34.6 Å². The number of nitrogens with zero attached hydrogens (tertiary/aromatic N) is 2. The number of ether oxygens (including phenoxy) is 2. The number of halogens is 4. The lowest BCUT2D eigenvalue weighted by molar-refractivity contribution is -0.192. The number of rotatable bonds is 6. The quantitative estimate of drug-likeness (QED) is 0.301. The van der Waals surface area contributed by atoms with Crippen molar-refractivity contribution in [3.05, 3.63) is 40.8 Å². The molecule has 4 N–H and O–H groups in total. The van der Waals surface area contributed by atoms with Crippen molar-refractivity contribution in [3.8, 4) is 5.75 Å². The van der Waals surface area contributed by atoms with E-state index in [1.807, 2.05) is 6.92 Å². The van der Waals surface area contributed by atoms with Gasteiger partial charge in [-0.05, 0) is 57.0 Å². The number of benzene rings is 1. The van der Waals surface area contributed by atoms with E-state index in [9.17, 15) is 22.4 Å². The van der Waals surface area contributed by atoms with Crippen LogP contribution < -0.4 is 20.7 Å². The molecule has 2 fully saturated rings. The Labute approximate surface area is 236 Å². The number of anilines is 2. The maximum absolute atomic E-state index is 14.0. The molecule has 2 aliphatic heterocycles. The van der Waals surface area contributed by atoms with Gasteiger partial charge in [-0.2, -0.15) is 13.2 Å². The van der Waals surface area contributed by atoms with Crippen LogP contribution >= 0.6 is 11.3 Å². The predicted octanol–water partition coefficient (Wildman–Crippen LogP) is 4.56. The number of aromatic nitrogens is 2. The zero-order chi connectivity index (χ0) is 29.6. The number of carbonyl (C=O) groups excluding carboxylic acids is 1. The lowest BCUT2D eigenvalue weighted by Gasteiger charge is -2.17. The van der Waals surface area contributed by atoms with Gasteiger partial charge in [0, 0.05) is 18.5 Å². The molecule has 0 aliphatic carbocycles. The van der Waals surface area contributed by atoms with Crippen molar-refractivity contribution in [2.75, 3.05) is 31.6 Å². The molecule has 1 amide bonds. The molecular weight excluding hydrogens is 570 g/mol. The fourth-order valence-electron chi connectivity index (χ4n) is 4.41. The molecule has 15 heteroatoms. The summed E-state index contributed by atoms with van der Waals surface area (Å²) in [4.78, 5) is 32.2. The van der Waals surface area contributed by atoms with Gasteiger partial charge in [-0.1, -0.05) is 0 Å². The van der Waals surface area contributed by atoms with E-state index in [1.165, 1.54) is 29.8 Å². The molecule has 0 spiro atoms. The highest BCUT2D eigenvalue weighted by atomic mass is 32.1. The van der Waals surface area contributed by atoms with E-state index in [2.05, 4.69) is 25.9 Å². The van der Waals surface area contributed by atoms with Crippen molar-refractivity contribution >= 4 is 44.9 Å². The maximum Gasteiger partial charge on any atom is 0.490 e. The molecule has 5 rings (SSSR count). The van der Waals surface area contributed by atoms with Crippen LogP contribution in [0.5, 0.6) is 5.75 Å². The van der Waals surface area contributed by atoms with E-state index in [1.54, 1.807) is 6.07 Å². The van der Waals surface area contributed by atoms with E-state index < -0.39 is 12.1 Å². The number of carbonyl (C=O) groups is 2. The Hall–Kier alpha value is -3.56. The van der Waals surface area contributed by atoms with Gasteiger partial charge >= 0.3 is 12.1 Å². The van der Waals surface area contributed by atoms with Crippen molar-refractivity contribution in [3.63, 3.8) is 0 Å². The number of aliphatic carboxylic acids is 1. The van der Waals surface area contributed by atoms with Crippen molar-refractivity contribution in [2.24, 2.45) is 0 Å². The molecule has 1 unspecified atom stereocenters. The third-order valence-corrected chi connectivity index (χ3v) is 7.66. The second-order valence-corrected chi connectivity index (χ2v) is 10.5. The largest absolute Gasteiger partial charge is 0.490 e. The van der Waals surface area contributed by atoms with Crippen LogP contribution in [-0.2, 0) is 9.53 Å². The van der Waals surface area contributed by atoms with Gasteiger partial charge in [0.05, 0.1) is 29.2 Å². The van der Waals surface area contributed by atoms with E-state index in [0.717, 1.165) is 54.6 Å². The van der Waals surface area contributed by atoms with Gasteiger partial charge in [-0.15, -0.1) is 11.3 Å². The molecule has 10 nitrogen and oxygen atoms in total. The highest BCUT2D eigenvalue weighted by Crippen LogP contribution is 2.37. The minimum atomic E-state index is -5.08. The number of aryl methyl sites for hydroxylation is 1. The van der Waals surface area contributed by atoms with Gasteiger partial charge in [0.2, 0.25) is 0 Å². The number of thiophene rings is 1. The fourth-order valence-corrected chi connectivity index (χ4v) is 5.46. The molecule has 222 valence electrons. The Balaban J connectivity index is 0.000000493. The molecule has 2 aromatic heterocycles. The Morgan fingerprint density at radius 3 is 2.68 bits per heavy atom. The summed E-state index contributed by atoms with van der Waals surface area (Å²) in [5.74, 6) is -2.27. The number of fused-ring (bicyclic) bond motifs is 1. The molecule has 4 heterocycles. The van der Waals surface area contributed by atoms with Crippen LogP contribution in [0.1, 0.15) is 40.9 Å². The molecular formula is C26H29F4N5O5S. The summed E-state index contributed by atoms with van der Waals surface area (Å²) in [5.41, 5.74) is 1.41. The van der Waals surface area contributed by atoms with Crippen LogP contribution in [0, 0.1) is 12.7 Å². The second-order valence-electron chi connectivity index (χ2n) is 9.48. The highest BCUT2D eigenvalue weighted by molar-refractivity contribution is 7.20. The van der Waals surface area contributed by atoms with Crippen LogP contribution in [0.25, 0.3) is 10.2 Å². The Bertz CT molecular complexity index is 1370. The molecule has 3 aromatic rings. The molecule has 1 aromatic carbocycles. The van der Waals surface area contributed by atoms with Gasteiger partial charge in [0.25, 0.3) is 5.91 Å². The summed E-state index contributed by atoms with van der Waals surface area (Å²) in [6.07, 6.45) is -0.0485. The Kier molecular flexibility index (Phi) is 9.94. The molecule has 0 radical (unpaired) electrons. The van der Waals surface area contributed by atoms with Crippen LogP contribution in [0.4, 0.5) is 29.1 Å². The van der Waals surface area contributed by atoms with Crippen molar-refractivity contribution < 1.29 is 41.7 Å². The second kappa shape index (κ2) is 13.4. The van der Waals surface area contributed by atoms with Crippen LogP contribution in [-0.4, -0.2) is 71.6 Å². The van der Waals surface area contributed by atoms with Gasteiger partial charge in [-0.25, -0.2) is 19.2 Å². The number of carboxylic acids is 1. The standard InChI is InChI=1S/C24H28FN5O3S.C2HF3O2/c1-14-20-22(30-18-5-4-15(25)11-19(18)33-17-7-10-32-12-17)27-13-28-24(20)34-21(14)23(31)29-16-3-2-8-26-9-6-16;3-2(4,5)1(6)7/h4-5,11,13,16-17,26H,2-3,6-10,12H2,1H3,(H,29,31)(H,27,28,30);(H,6,7)/t16?,17-;/m0./s1. The fraction of sp³-hybridized carbons (Fsp3) is 0.462. The van der Waals surface area contributed by atoms with E-state index >= 15 is 0 Å². The molecule has 2 atom stereocenters. The number of amides is 1. The first-order valence-electron chi connectivity index (χ1n) is 12.9. The van der Waals surface area contributed by atoms with Crippen molar-refractivity contribution in [1.29, 1.82) is 0 Å². The van der Waals surface area contributed by atoms with E-state index in [-0.39, 0.29) is 23.9 Å². The summed E-state index contributed by atoms with van der Waals surface area (Å²) in [7, 11) is 0. The third kappa shape index (κ3) is 8.01. The molecule has 2 saturated heterocycles. The first kappa shape index (κ1) is 30.4. The molecule has 41 heavy (non-hydrogen) atoms. The predicted molar refractivity (Wildman–Crippen MR) is 143 cm³/mol. The lowest BCUT2D eigenvalue weighted by Crippen LogP contribution is -2.35. The summed E-state index contributed by atoms with van der Waals surface area (Å²) in [6.45, 7) is 4.92. The number of alkyl halides is 3. The topological polar surface area (TPSA) is 135 Å². The minimum Gasteiger partial charge on any atom is -0.486 e. The Morgan fingerprint density at radius 2 is 1.98 bits per heavy atom. The summed E-state index contributed by atoms with van der Waals surface area (Å²) < 4.78 is 57.1. The third-order valence-electron chi connectivity index (χ3n) is 6.46. The number of carboxylic acid groups (broad SMARTS) is 1. The van der Waals surface area contributed by atoms with Crippen LogP contribution in [0.3, 0.4) is 0 Å². The summed E-state index contributed by atoms with van der Waals surface area (Å²) >= 11 is 1.36. The van der Waals surface area contributed by atoms with E-state index in [4.69, 9.17) is 19.4 Å². The normalized spacial score (nSPS) is 19.1. The summed E-state index contributed by atoms with van der Waals surface area (Å²) in [5, 5.41) is 17.7. The molecule has 0 saturated carbocycles. The zero-order valence-corrected chi connectivity index (χ0v) is 22.8. The number of nitrogens with one attached hydrogen (secondary N) is 3. The zero-order valence-electron chi connectivity index (χ0n) is 22.0. The van der Waals surface area contributed by atoms with Gasteiger partial charge < -0.3 is 30.5 Å². The lowest BCUT2D eigenvalue weighted by atomic mass is 10.1. The highest BCUT2D eigenvalue weighted by Gasteiger charge is 2.38. The first-order valence-corrected chi connectivity index (χ1v) is 13.7. The van der Waals surface area contributed by atoms with Crippen molar-refractivity contribution in [1.82, 2.24) is 20.6 Å². The Morgan fingerprint density at radius 1 is 1.20 bits per heavy atom. The SMILES string of the molecule is Cc1c(C(=O)NC2CCCNCC2)sc2ncnc(Nc3ccc(F)cc3O[C@H]3CCOC3)c12.O=C(O)C(F)(F)F. The minimum absolute atomic E-state index is 0.0783. The number of hydrogen-bond acceptors (Lipinski definition) is 9. The van der Waals surface area contributed by atoms with Crippen LogP contribution in [0.15, 0.2) is 24.5 Å². The van der Waals surface area contributed by atoms with Crippen LogP contribution in [0.2, 0.25) is 0 Å². The van der Waals surface area contributed by atoms with Gasteiger partial charge in [-0.3, -0.25) is 4.79 Å². The van der Waals surface area contributed by atoms with E-state index in [0.29, 0.717) is 35.3 Å². The summed E-state index contributed by atoms with van der Waals surface area (Å²) in [6, 6.07) is 4.53.